The Morgan fingerprint density at radius 1 is 1.27 bits per heavy atom. The second kappa shape index (κ2) is 5.56. The standard InChI is InChI=1S/C11H15FO3/c1-14-10-6-8(7-12)5-9(3-4-13)11(10)15-2/h5-6,13H,3-4,7H2,1-2H3. The van der Waals surface area contributed by atoms with Crippen LogP contribution in [0.2, 0.25) is 0 Å². The summed E-state index contributed by atoms with van der Waals surface area (Å²) in [7, 11) is 3.02. The number of hydrogen-bond donors (Lipinski definition) is 1. The molecular formula is C11H15FO3. The average Bonchev–Trinajstić information content (AvgIpc) is 2.28. The van der Waals surface area contributed by atoms with E-state index in [-0.39, 0.29) is 6.61 Å². The van der Waals surface area contributed by atoms with Crippen molar-refractivity contribution in [3.8, 4) is 11.5 Å². The zero-order chi connectivity index (χ0) is 11.3. The lowest BCUT2D eigenvalue weighted by molar-refractivity contribution is 0.294. The second-order valence-electron chi connectivity index (χ2n) is 3.10. The van der Waals surface area contributed by atoms with E-state index in [1.165, 1.54) is 14.2 Å². The first-order valence-electron chi connectivity index (χ1n) is 4.67. The van der Waals surface area contributed by atoms with Crippen LogP contribution in [0.3, 0.4) is 0 Å². The molecule has 1 rings (SSSR count). The number of aliphatic hydroxyl groups is 1. The molecule has 1 N–H and O–H groups in total. The van der Waals surface area contributed by atoms with Crippen LogP contribution < -0.4 is 9.47 Å². The Balaban J connectivity index is 3.19. The highest BCUT2D eigenvalue weighted by molar-refractivity contribution is 5.49. The molecule has 3 nitrogen and oxygen atoms in total. The van der Waals surface area contributed by atoms with Crippen LogP contribution >= 0.6 is 0 Å². The number of alkyl halides is 1. The first kappa shape index (κ1) is 11.8. The number of rotatable bonds is 5. The molecule has 0 spiro atoms. The Bertz CT molecular complexity index is 326. The maximum atomic E-state index is 12.5. The van der Waals surface area contributed by atoms with Crippen LogP contribution in [-0.4, -0.2) is 25.9 Å². The summed E-state index contributed by atoms with van der Waals surface area (Å²) in [6, 6.07) is 3.28. The number of methoxy groups -OCH3 is 2. The third kappa shape index (κ3) is 2.59. The van der Waals surface area contributed by atoms with Crippen molar-refractivity contribution >= 4 is 0 Å². The van der Waals surface area contributed by atoms with Crippen molar-refractivity contribution in [2.45, 2.75) is 13.1 Å². The third-order valence-electron chi connectivity index (χ3n) is 2.15. The summed E-state index contributed by atoms with van der Waals surface area (Å²) in [5, 5.41) is 8.88. The maximum Gasteiger partial charge on any atom is 0.164 e. The summed E-state index contributed by atoms with van der Waals surface area (Å²) < 4.78 is 22.8. The molecule has 0 saturated heterocycles. The molecule has 0 saturated carbocycles. The maximum absolute atomic E-state index is 12.5. The van der Waals surface area contributed by atoms with Gasteiger partial charge in [-0.15, -0.1) is 0 Å². The minimum absolute atomic E-state index is 0.00471. The highest BCUT2D eigenvalue weighted by Gasteiger charge is 2.11. The van der Waals surface area contributed by atoms with E-state index in [2.05, 4.69) is 0 Å². The Hall–Kier alpha value is -1.29. The predicted octanol–water partition coefficient (Wildman–Crippen LogP) is 1.71. The summed E-state index contributed by atoms with van der Waals surface area (Å²) >= 11 is 0. The van der Waals surface area contributed by atoms with Gasteiger partial charge in [0.1, 0.15) is 6.67 Å². The van der Waals surface area contributed by atoms with Crippen LogP contribution in [0.15, 0.2) is 12.1 Å². The zero-order valence-electron chi connectivity index (χ0n) is 8.92. The molecular weight excluding hydrogens is 199 g/mol. The van der Waals surface area contributed by atoms with Gasteiger partial charge in [0.15, 0.2) is 11.5 Å². The van der Waals surface area contributed by atoms with Gasteiger partial charge in [0.05, 0.1) is 14.2 Å². The van der Waals surface area contributed by atoms with E-state index in [4.69, 9.17) is 14.6 Å². The SMILES string of the molecule is COc1cc(CF)cc(CCO)c1OC. The van der Waals surface area contributed by atoms with Crippen LogP contribution in [0.4, 0.5) is 4.39 Å². The van der Waals surface area contributed by atoms with Crippen molar-refractivity contribution in [1.29, 1.82) is 0 Å². The fourth-order valence-corrected chi connectivity index (χ4v) is 1.49. The zero-order valence-corrected chi connectivity index (χ0v) is 8.92. The number of halogens is 1. The lowest BCUT2D eigenvalue weighted by Gasteiger charge is -2.13. The molecule has 0 aliphatic carbocycles. The Morgan fingerprint density at radius 3 is 2.47 bits per heavy atom. The normalized spacial score (nSPS) is 10.1. The van der Waals surface area contributed by atoms with E-state index in [1.807, 2.05) is 0 Å². The molecule has 15 heavy (non-hydrogen) atoms. The Kier molecular flexibility index (Phi) is 4.37. The fourth-order valence-electron chi connectivity index (χ4n) is 1.49. The van der Waals surface area contributed by atoms with Gasteiger partial charge in [-0.1, -0.05) is 0 Å². The quantitative estimate of drug-likeness (QED) is 0.811. The van der Waals surface area contributed by atoms with Crippen molar-refractivity contribution in [2.75, 3.05) is 20.8 Å². The van der Waals surface area contributed by atoms with Crippen molar-refractivity contribution in [2.24, 2.45) is 0 Å². The largest absolute Gasteiger partial charge is 0.493 e. The molecule has 4 heteroatoms. The van der Waals surface area contributed by atoms with Crippen LogP contribution in [0.5, 0.6) is 11.5 Å². The number of benzene rings is 1. The molecule has 1 aromatic carbocycles. The number of hydrogen-bond acceptors (Lipinski definition) is 3. The highest BCUT2D eigenvalue weighted by Crippen LogP contribution is 2.33. The first-order chi connectivity index (χ1) is 7.26. The predicted molar refractivity (Wildman–Crippen MR) is 55.1 cm³/mol. The summed E-state index contributed by atoms with van der Waals surface area (Å²) in [4.78, 5) is 0. The molecule has 0 aromatic heterocycles. The molecule has 0 unspecified atom stereocenters. The minimum atomic E-state index is -0.557. The van der Waals surface area contributed by atoms with E-state index < -0.39 is 6.67 Å². The van der Waals surface area contributed by atoms with Gasteiger partial charge in [-0.25, -0.2) is 4.39 Å². The molecule has 1 aromatic rings. The van der Waals surface area contributed by atoms with Crippen LogP contribution in [-0.2, 0) is 13.1 Å². The van der Waals surface area contributed by atoms with Gasteiger partial charge in [-0.05, 0) is 24.1 Å². The minimum Gasteiger partial charge on any atom is -0.493 e. The van der Waals surface area contributed by atoms with E-state index in [1.54, 1.807) is 12.1 Å². The van der Waals surface area contributed by atoms with Crippen LogP contribution in [0.25, 0.3) is 0 Å². The van der Waals surface area contributed by atoms with E-state index in [0.29, 0.717) is 23.5 Å². The number of aliphatic hydroxyl groups excluding tert-OH is 1. The smallest absolute Gasteiger partial charge is 0.164 e. The average molecular weight is 214 g/mol. The van der Waals surface area contributed by atoms with Crippen LogP contribution in [0.1, 0.15) is 11.1 Å². The molecule has 0 amide bonds. The summed E-state index contributed by atoms with van der Waals surface area (Å²) in [5.74, 6) is 1.06. The third-order valence-corrected chi connectivity index (χ3v) is 2.15. The van der Waals surface area contributed by atoms with Gasteiger partial charge in [-0.2, -0.15) is 0 Å². The fraction of sp³-hybridized carbons (Fsp3) is 0.455. The van der Waals surface area contributed by atoms with Crippen molar-refractivity contribution in [1.82, 2.24) is 0 Å². The second-order valence-corrected chi connectivity index (χ2v) is 3.10. The lowest BCUT2D eigenvalue weighted by atomic mass is 10.1. The molecule has 84 valence electrons. The van der Waals surface area contributed by atoms with Gasteiger partial charge in [0, 0.05) is 12.2 Å². The van der Waals surface area contributed by atoms with Crippen LogP contribution in [0, 0.1) is 0 Å². The van der Waals surface area contributed by atoms with Gasteiger partial charge in [0.2, 0.25) is 0 Å². The first-order valence-corrected chi connectivity index (χ1v) is 4.67. The Labute approximate surface area is 88.4 Å². The molecule has 0 aliphatic heterocycles. The topological polar surface area (TPSA) is 38.7 Å². The summed E-state index contributed by atoms with van der Waals surface area (Å²) in [6.07, 6.45) is 0.424. The molecule has 0 heterocycles. The lowest BCUT2D eigenvalue weighted by Crippen LogP contribution is -2.00. The van der Waals surface area contributed by atoms with Gasteiger partial charge >= 0.3 is 0 Å². The van der Waals surface area contributed by atoms with E-state index in [9.17, 15) is 4.39 Å². The molecule has 0 atom stereocenters. The van der Waals surface area contributed by atoms with Crippen molar-refractivity contribution in [3.63, 3.8) is 0 Å². The van der Waals surface area contributed by atoms with Crippen molar-refractivity contribution in [3.05, 3.63) is 23.3 Å². The Morgan fingerprint density at radius 2 is 2.00 bits per heavy atom. The summed E-state index contributed by atoms with van der Waals surface area (Å²) in [5.41, 5.74) is 1.28. The summed E-state index contributed by atoms with van der Waals surface area (Å²) in [6.45, 7) is -0.561. The highest BCUT2D eigenvalue weighted by atomic mass is 19.1. The monoisotopic (exact) mass is 214 g/mol. The number of ether oxygens (including phenoxy) is 2. The molecule has 0 bridgehead atoms. The van der Waals surface area contributed by atoms with Gasteiger partial charge in [-0.3, -0.25) is 0 Å². The van der Waals surface area contributed by atoms with Crippen molar-refractivity contribution < 1.29 is 19.0 Å². The van der Waals surface area contributed by atoms with Gasteiger partial charge < -0.3 is 14.6 Å². The molecule has 0 aliphatic rings. The van der Waals surface area contributed by atoms with E-state index in [0.717, 1.165) is 5.56 Å². The molecule has 0 radical (unpaired) electrons. The molecule has 0 fully saturated rings. The van der Waals surface area contributed by atoms with Gasteiger partial charge in [0.25, 0.3) is 0 Å². The van der Waals surface area contributed by atoms with E-state index >= 15 is 0 Å².